The second-order valence-corrected chi connectivity index (χ2v) is 5.68. The van der Waals surface area contributed by atoms with Crippen molar-refractivity contribution in [2.24, 2.45) is 0 Å². The molecule has 1 N–H and O–H groups in total. The van der Waals surface area contributed by atoms with Crippen molar-refractivity contribution in [1.82, 2.24) is 0 Å². The number of phenols is 1. The fraction of sp³-hybridized carbons (Fsp3) is 0.263. The van der Waals surface area contributed by atoms with E-state index in [2.05, 4.69) is 0 Å². The third kappa shape index (κ3) is 3.33. The fourth-order valence-electron chi connectivity index (χ4n) is 3.01. The zero-order valence-electron chi connectivity index (χ0n) is 11.9. The fourth-order valence-corrected chi connectivity index (χ4v) is 3.01. The summed E-state index contributed by atoms with van der Waals surface area (Å²) in [5.74, 6) is 0.675. The van der Waals surface area contributed by atoms with Crippen LogP contribution in [0.2, 0.25) is 0 Å². The molecule has 0 heterocycles. The molecule has 1 saturated carbocycles. The first-order chi connectivity index (χ1) is 10.2. The van der Waals surface area contributed by atoms with Gasteiger partial charge in [0.1, 0.15) is 11.6 Å². The molecule has 0 spiro atoms. The molecule has 1 fully saturated rings. The van der Waals surface area contributed by atoms with Crippen LogP contribution < -0.4 is 0 Å². The normalized spacial score (nSPS) is 15.9. The van der Waals surface area contributed by atoms with E-state index in [4.69, 9.17) is 0 Å². The van der Waals surface area contributed by atoms with Gasteiger partial charge in [-0.2, -0.15) is 0 Å². The molecule has 0 aromatic heterocycles. The first kappa shape index (κ1) is 13.9. The molecule has 2 aromatic rings. The zero-order chi connectivity index (χ0) is 14.7. The number of rotatable bonds is 3. The van der Waals surface area contributed by atoms with Gasteiger partial charge in [0.15, 0.2) is 0 Å². The highest BCUT2D eigenvalue weighted by Gasteiger charge is 2.19. The second-order valence-electron chi connectivity index (χ2n) is 5.68. The van der Waals surface area contributed by atoms with Crippen LogP contribution in [-0.4, -0.2) is 5.11 Å². The van der Waals surface area contributed by atoms with Crippen molar-refractivity contribution in [1.29, 1.82) is 0 Å². The Kier molecular flexibility index (Phi) is 4.05. The van der Waals surface area contributed by atoms with Gasteiger partial charge in [0.25, 0.3) is 0 Å². The lowest BCUT2D eigenvalue weighted by atomic mass is 9.95. The summed E-state index contributed by atoms with van der Waals surface area (Å²) in [7, 11) is 0. The van der Waals surface area contributed by atoms with Crippen LogP contribution in [0.4, 0.5) is 4.39 Å². The Hall–Kier alpha value is -2.09. The van der Waals surface area contributed by atoms with Crippen molar-refractivity contribution in [3.63, 3.8) is 0 Å². The summed E-state index contributed by atoms with van der Waals surface area (Å²) in [4.78, 5) is 0. The number of benzene rings is 2. The Morgan fingerprint density at radius 2 is 1.52 bits per heavy atom. The Labute approximate surface area is 124 Å². The van der Waals surface area contributed by atoms with Crippen molar-refractivity contribution in [3.8, 4) is 5.75 Å². The van der Waals surface area contributed by atoms with E-state index in [-0.39, 0.29) is 5.82 Å². The van der Waals surface area contributed by atoms with E-state index in [0.29, 0.717) is 11.7 Å². The minimum Gasteiger partial charge on any atom is -0.508 e. The smallest absolute Gasteiger partial charge is 0.123 e. The summed E-state index contributed by atoms with van der Waals surface area (Å²) in [5, 5.41) is 10.2. The monoisotopic (exact) mass is 282 g/mol. The molecule has 2 aromatic carbocycles. The molecule has 1 nitrogen and oxygen atoms in total. The molecule has 2 heteroatoms. The minimum atomic E-state index is -0.231. The zero-order valence-corrected chi connectivity index (χ0v) is 11.9. The summed E-state index contributed by atoms with van der Waals surface area (Å²) in [5.41, 5.74) is 2.97. The van der Waals surface area contributed by atoms with Gasteiger partial charge in [0, 0.05) is 0 Å². The maximum absolute atomic E-state index is 12.8. The van der Waals surface area contributed by atoms with Crippen LogP contribution in [-0.2, 0) is 0 Å². The highest BCUT2D eigenvalue weighted by Crippen LogP contribution is 2.38. The predicted octanol–water partition coefficient (Wildman–Crippen LogP) is 5.36. The van der Waals surface area contributed by atoms with Crippen molar-refractivity contribution < 1.29 is 9.50 Å². The molecule has 0 radical (unpaired) electrons. The summed E-state index contributed by atoms with van der Waals surface area (Å²) in [6.45, 7) is 0. The number of halogens is 1. The number of phenolic OH excluding ortho intramolecular Hbond substituents is 1. The van der Waals surface area contributed by atoms with E-state index in [9.17, 15) is 9.50 Å². The third-order valence-corrected chi connectivity index (χ3v) is 4.19. The molecule has 0 saturated heterocycles. The molecule has 21 heavy (non-hydrogen) atoms. The van der Waals surface area contributed by atoms with Crippen LogP contribution in [0.5, 0.6) is 5.75 Å². The molecule has 0 unspecified atom stereocenters. The molecule has 0 atom stereocenters. The highest BCUT2D eigenvalue weighted by molar-refractivity contribution is 5.70. The largest absolute Gasteiger partial charge is 0.508 e. The van der Waals surface area contributed by atoms with E-state index in [1.807, 2.05) is 30.4 Å². The van der Waals surface area contributed by atoms with E-state index in [0.717, 1.165) is 16.7 Å². The first-order valence-corrected chi connectivity index (χ1v) is 7.49. The van der Waals surface area contributed by atoms with Gasteiger partial charge in [-0.25, -0.2) is 4.39 Å². The van der Waals surface area contributed by atoms with Gasteiger partial charge in [0.2, 0.25) is 0 Å². The maximum Gasteiger partial charge on any atom is 0.123 e. The number of hydrogen-bond donors (Lipinski definition) is 1. The molecule has 0 bridgehead atoms. The maximum atomic E-state index is 12.8. The van der Waals surface area contributed by atoms with Gasteiger partial charge >= 0.3 is 0 Å². The van der Waals surface area contributed by atoms with Crippen LogP contribution in [0.15, 0.2) is 42.5 Å². The number of hydrogen-bond acceptors (Lipinski definition) is 1. The van der Waals surface area contributed by atoms with E-state index in [1.165, 1.54) is 37.8 Å². The molecule has 0 aliphatic heterocycles. The second kappa shape index (κ2) is 6.13. The lowest BCUT2D eigenvalue weighted by Gasteiger charge is -2.12. The first-order valence-electron chi connectivity index (χ1n) is 7.49. The average molecular weight is 282 g/mol. The van der Waals surface area contributed by atoms with Crippen LogP contribution in [0.3, 0.4) is 0 Å². The van der Waals surface area contributed by atoms with Gasteiger partial charge in [-0.1, -0.05) is 49.3 Å². The van der Waals surface area contributed by atoms with E-state index >= 15 is 0 Å². The summed E-state index contributed by atoms with van der Waals surface area (Å²) in [6.07, 6.45) is 8.73. The molecule has 3 rings (SSSR count). The van der Waals surface area contributed by atoms with Crippen molar-refractivity contribution in [3.05, 3.63) is 65.0 Å². The topological polar surface area (TPSA) is 20.2 Å². The van der Waals surface area contributed by atoms with Gasteiger partial charge in [-0.05, 0) is 53.6 Å². The quantitative estimate of drug-likeness (QED) is 0.751. The van der Waals surface area contributed by atoms with Crippen LogP contribution in [0.1, 0.15) is 48.3 Å². The average Bonchev–Trinajstić information content (AvgIpc) is 3.01. The van der Waals surface area contributed by atoms with E-state index in [1.54, 1.807) is 12.1 Å². The predicted molar refractivity (Wildman–Crippen MR) is 84.6 cm³/mol. The molecule has 1 aliphatic rings. The third-order valence-electron chi connectivity index (χ3n) is 4.19. The van der Waals surface area contributed by atoms with Crippen molar-refractivity contribution >= 4 is 12.2 Å². The van der Waals surface area contributed by atoms with Gasteiger partial charge in [-0.15, -0.1) is 0 Å². The van der Waals surface area contributed by atoms with Crippen LogP contribution >= 0.6 is 0 Å². The molecule has 108 valence electrons. The molecule has 1 aliphatic carbocycles. The van der Waals surface area contributed by atoms with Gasteiger partial charge in [0.05, 0.1) is 0 Å². The standard InChI is InChI=1S/C19H19FO/c20-17-10-7-14(8-11-17)5-6-15-9-12-18(19(21)13-15)16-3-1-2-4-16/h5-13,16,21H,1-4H2/b6-5+. The highest BCUT2D eigenvalue weighted by atomic mass is 19.1. The van der Waals surface area contributed by atoms with Crippen LogP contribution in [0.25, 0.3) is 12.2 Å². The number of aromatic hydroxyl groups is 1. The summed E-state index contributed by atoms with van der Waals surface area (Å²) >= 11 is 0. The Morgan fingerprint density at radius 1 is 0.905 bits per heavy atom. The molecule has 0 amide bonds. The molecular formula is C19H19FO. The Morgan fingerprint density at radius 3 is 2.19 bits per heavy atom. The van der Waals surface area contributed by atoms with Gasteiger partial charge < -0.3 is 5.11 Å². The summed E-state index contributed by atoms with van der Waals surface area (Å²) < 4.78 is 12.8. The molecular weight excluding hydrogens is 263 g/mol. The van der Waals surface area contributed by atoms with Crippen molar-refractivity contribution in [2.45, 2.75) is 31.6 Å². The van der Waals surface area contributed by atoms with Crippen LogP contribution in [0, 0.1) is 5.82 Å². The Balaban J connectivity index is 1.77. The Bertz CT molecular complexity index is 637. The SMILES string of the molecule is Oc1cc(/C=C/c2ccc(F)cc2)ccc1C1CCCC1. The lowest BCUT2D eigenvalue weighted by molar-refractivity contribution is 0.461. The lowest BCUT2D eigenvalue weighted by Crippen LogP contribution is -1.92. The van der Waals surface area contributed by atoms with Gasteiger partial charge in [-0.3, -0.25) is 0 Å². The summed E-state index contributed by atoms with van der Waals surface area (Å²) in [6, 6.07) is 12.2. The van der Waals surface area contributed by atoms with Crippen molar-refractivity contribution in [2.75, 3.05) is 0 Å². The van der Waals surface area contributed by atoms with E-state index < -0.39 is 0 Å². The minimum absolute atomic E-state index is 0.231.